The molecule has 0 saturated heterocycles. The van der Waals surface area contributed by atoms with E-state index in [0.717, 1.165) is 0 Å². The van der Waals surface area contributed by atoms with E-state index in [-0.39, 0.29) is 25.8 Å². The van der Waals surface area contributed by atoms with Gasteiger partial charge in [-0.25, -0.2) is 0 Å². The number of hydrogen-bond acceptors (Lipinski definition) is 2. The Kier molecular flexibility index (Phi) is 20.0. The molecule has 0 aliphatic heterocycles. The Morgan fingerprint density at radius 3 is 1.25 bits per heavy atom. The molecule has 0 spiro atoms. The van der Waals surface area contributed by atoms with Crippen molar-refractivity contribution in [3.8, 4) is 0 Å². The minimum Gasteiger partial charge on any atom is 0 e. The van der Waals surface area contributed by atoms with E-state index < -0.39 is 14.8 Å². The van der Waals surface area contributed by atoms with Crippen molar-refractivity contribution in [1.29, 1.82) is 0 Å². The average Bonchev–Trinajstić information content (AvgIpc) is 0.918. The monoisotopic (exact) mass is 140 g/mol. The fourth-order valence-corrected chi connectivity index (χ4v) is 0. The predicted octanol–water partition coefficient (Wildman–Crippen LogP) is -0.243. The van der Waals surface area contributed by atoms with Gasteiger partial charge in [0.25, 0.3) is 0 Å². The summed E-state index contributed by atoms with van der Waals surface area (Å²) >= 11 is -0.688. The fraction of sp³-hybridized carbons (Fsp3) is 0. The smallest absolute Gasteiger partial charge is 0 e. The number of rotatable bonds is 0. The molecular formula is CuO2Sc. The summed E-state index contributed by atoms with van der Waals surface area (Å²) in [7, 11) is 0. The molecule has 2 nitrogen and oxygen atoms in total. The second-order valence-corrected chi connectivity index (χ2v) is 0.207. The number of hydrogen-bond donors (Lipinski definition) is 0. The maximum absolute atomic E-state index is 8.28. The first-order valence-corrected chi connectivity index (χ1v) is 1.02. The van der Waals surface area contributed by atoms with Crippen LogP contribution < -0.4 is 0 Å². The van der Waals surface area contributed by atoms with Gasteiger partial charge in [0.1, 0.15) is 0 Å². The summed E-state index contributed by atoms with van der Waals surface area (Å²) in [6.07, 6.45) is 0. The van der Waals surface area contributed by atoms with Gasteiger partial charge in [0.2, 0.25) is 0 Å². The first kappa shape index (κ1) is 8.89. The minimum atomic E-state index is -0.688. The molecule has 0 aromatic carbocycles. The first-order chi connectivity index (χ1) is 1.41. The fourth-order valence-electron chi connectivity index (χ4n) is 0. The van der Waals surface area contributed by atoms with E-state index in [2.05, 4.69) is 0 Å². The van der Waals surface area contributed by atoms with Crippen LogP contribution in [0.2, 0.25) is 0 Å². The molecule has 0 atom stereocenters. The van der Waals surface area contributed by atoms with Crippen LogP contribution >= 0.6 is 0 Å². The van der Waals surface area contributed by atoms with Crippen LogP contribution in [0.3, 0.4) is 0 Å². The zero-order valence-corrected chi connectivity index (χ0v) is 4.44. The topological polar surface area (TPSA) is 34.1 Å². The van der Waals surface area contributed by atoms with E-state index in [0.29, 0.717) is 0 Å². The van der Waals surface area contributed by atoms with Gasteiger partial charge in [0, 0.05) is 25.8 Å². The Labute approximate surface area is 48.3 Å². The maximum Gasteiger partial charge on any atom is 0 e. The molecule has 0 amide bonds. The zero-order chi connectivity index (χ0) is 2.71. The van der Waals surface area contributed by atoms with Crippen LogP contribution in [-0.2, 0) is 48.3 Å². The summed E-state index contributed by atoms with van der Waals surface area (Å²) in [5, 5.41) is 0. The van der Waals surface area contributed by atoms with E-state index in [9.17, 15) is 0 Å². The van der Waals surface area contributed by atoms with Gasteiger partial charge in [-0.05, 0) is 0 Å². The molecule has 0 bridgehead atoms. The van der Waals surface area contributed by atoms with Crippen LogP contribution in [0.25, 0.3) is 0 Å². The second kappa shape index (κ2) is 9.01. The maximum atomic E-state index is 8.28. The van der Waals surface area contributed by atoms with Crippen molar-refractivity contribution in [2.75, 3.05) is 0 Å². The molecule has 0 aliphatic carbocycles. The van der Waals surface area contributed by atoms with Crippen molar-refractivity contribution in [3.05, 3.63) is 0 Å². The SMILES string of the molecule is [O]=[Cu]=[O].[Sc]. The van der Waals surface area contributed by atoms with Crippen LogP contribution in [-0.4, -0.2) is 0 Å². The van der Waals surface area contributed by atoms with Gasteiger partial charge in [-0.1, -0.05) is 0 Å². The summed E-state index contributed by atoms with van der Waals surface area (Å²) in [6, 6.07) is 0. The van der Waals surface area contributed by atoms with Crippen LogP contribution in [0.1, 0.15) is 0 Å². The normalized spacial score (nSPS) is 5.00. The Morgan fingerprint density at radius 1 is 1.25 bits per heavy atom. The van der Waals surface area contributed by atoms with E-state index in [1.807, 2.05) is 0 Å². The molecule has 4 heteroatoms. The van der Waals surface area contributed by atoms with E-state index in [1.165, 1.54) is 0 Å². The summed E-state index contributed by atoms with van der Waals surface area (Å²) < 4.78 is 16.6. The summed E-state index contributed by atoms with van der Waals surface area (Å²) in [6.45, 7) is 0. The molecule has 0 aromatic rings. The van der Waals surface area contributed by atoms with Gasteiger partial charge >= 0.3 is 22.5 Å². The van der Waals surface area contributed by atoms with Crippen LogP contribution in [0.15, 0.2) is 0 Å². The van der Waals surface area contributed by atoms with E-state index in [1.54, 1.807) is 0 Å². The largest absolute Gasteiger partial charge is 0 e. The molecule has 0 fully saturated rings. The molecule has 0 aliphatic rings. The van der Waals surface area contributed by atoms with Gasteiger partial charge in [-0.2, -0.15) is 0 Å². The van der Waals surface area contributed by atoms with Crippen molar-refractivity contribution in [1.82, 2.24) is 0 Å². The average molecular weight is 140 g/mol. The van der Waals surface area contributed by atoms with Gasteiger partial charge < -0.3 is 0 Å². The van der Waals surface area contributed by atoms with E-state index >= 15 is 0 Å². The molecular weight excluding hydrogens is 140 g/mol. The first-order valence-electron chi connectivity index (χ1n) is 0.246. The summed E-state index contributed by atoms with van der Waals surface area (Å²) in [4.78, 5) is 0. The Bertz CT molecular complexity index is 27.0. The minimum absolute atomic E-state index is 0. The third kappa shape index (κ3) is 12.1. The third-order valence-electron chi connectivity index (χ3n) is 0. The van der Waals surface area contributed by atoms with Gasteiger partial charge in [0.15, 0.2) is 0 Å². The molecule has 0 rings (SSSR count). The summed E-state index contributed by atoms with van der Waals surface area (Å²) in [5.41, 5.74) is 0. The zero-order valence-electron chi connectivity index (χ0n) is 1.70. The standard InChI is InChI=1S/Cu.2O.Sc. The predicted molar refractivity (Wildman–Crippen MR) is 1.37 cm³/mol. The molecule has 0 saturated carbocycles. The molecule has 0 aromatic heterocycles. The van der Waals surface area contributed by atoms with Crippen LogP contribution in [0.4, 0.5) is 0 Å². The van der Waals surface area contributed by atoms with Crippen molar-refractivity contribution >= 4 is 0 Å². The van der Waals surface area contributed by atoms with Gasteiger partial charge in [-0.3, -0.25) is 0 Å². The molecule has 0 N–H and O–H groups in total. The molecule has 26 valence electrons. The molecule has 0 heterocycles. The second-order valence-electron chi connectivity index (χ2n) is 0.0503. The van der Waals surface area contributed by atoms with E-state index in [4.69, 9.17) is 7.67 Å². The Morgan fingerprint density at radius 2 is 1.25 bits per heavy atom. The van der Waals surface area contributed by atoms with Crippen LogP contribution in [0, 0.1) is 0 Å². The van der Waals surface area contributed by atoms with Crippen molar-refractivity contribution < 1.29 is 48.3 Å². The van der Waals surface area contributed by atoms with Crippen molar-refractivity contribution in [3.63, 3.8) is 0 Å². The Hall–Kier alpha value is 0.990. The molecule has 4 heavy (non-hydrogen) atoms. The molecule has 1 radical (unpaired) electrons. The summed E-state index contributed by atoms with van der Waals surface area (Å²) in [5.74, 6) is 0. The Balaban J connectivity index is 0. The molecule has 0 unspecified atom stereocenters. The van der Waals surface area contributed by atoms with Gasteiger partial charge in [-0.15, -0.1) is 0 Å². The van der Waals surface area contributed by atoms with Gasteiger partial charge in [0.05, 0.1) is 0 Å². The van der Waals surface area contributed by atoms with Crippen LogP contribution in [0.5, 0.6) is 0 Å². The van der Waals surface area contributed by atoms with Crippen molar-refractivity contribution in [2.24, 2.45) is 0 Å². The quantitative estimate of drug-likeness (QED) is 0.435. The van der Waals surface area contributed by atoms with Crippen molar-refractivity contribution in [2.45, 2.75) is 0 Å². The third-order valence-corrected chi connectivity index (χ3v) is 0.